The van der Waals surface area contributed by atoms with E-state index in [1.807, 2.05) is 0 Å². The molecule has 1 aromatic carbocycles. The van der Waals surface area contributed by atoms with Gasteiger partial charge in [0.15, 0.2) is 0 Å². The number of carbonyl (C=O) groups is 2. The molecule has 0 spiro atoms. The smallest absolute Gasteiger partial charge is 0.354 e. The molecule has 2 amide bonds. The molecular weight excluding hydrogens is 321 g/mol. The summed E-state index contributed by atoms with van der Waals surface area (Å²) in [6.45, 7) is 0.145. The molecule has 4 nitrogen and oxygen atoms in total. The summed E-state index contributed by atoms with van der Waals surface area (Å²) in [5.74, 6) is -0.518. The largest absolute Gasteiger partial charge is 0.417 e. The molecule has 2 rings (SSSR count). The molecule has 0 aliphatic carbocycles. The third kappa shape index (κ3) is 3.91. The van der Waals surface area contributed by atoms with Crippen LogP contribution in [0.4, 0.5) is 13.2 Å². The summed E-state index contributed by atoms with van der Waals surface area (Å²) in [7, 11) is 0. The van der Waals surface area contributed by atoms with Crippen molar-refractivity contribution in [2.24, 2.45) is 0 Å². The fourth-order valence-corrected chi connectivity index (χ4v) is 2.57. The lowest BCUT2D eigenvalue weighted by Gasteiger charge is -2.14. The van der Waals surface area contributed by atoms with Crippen LogP contribution in [0.1, 0.15) is 24.0 Å². The van der Waals surface area contributed by atoms with Crippen molar-refractivity contribution < 1.29 is 22.8 Å². The van der Waals surface area contributed by atoms with Crippen LogP contribution in [0.5, 0.6) is 0 Å². The second-order valence-electron chi connectivity index (χ2n) is 4.98. The third-order valence-corrected chi connectivity index (χ3v) is 3.84. The van der Waals surface area contributed by atoms with Crippen molar-refractivity contribution in [2.75, 3.05) is 6.54 Å². The number of carbonyl (C=O) groups excluding carboxylic acids is 2. The molecule has 1 fully saturated rings. The number of hydrogen-bond donors (Lipinski definition) is 2. The van der Waals surface area contributed by atoms with Gasteiger partial charge in [-0.05, 0) is 24.5 Å². The second kappa shape index (κ2) is 6.56. The molecule has 2 N–H and O–H groups in total. The minimum absolute atomic E-state index is 0.145. The molecule has 8 heteroatoms. The van der Waals surface area contributed by atoms with Gasteiger partial charge in [0.05, 0.1) is 10.6 Å². The van der Waals surface area contributed by atoms with E-state index in [1.54, 1.807) is 0 Å². The number of halogens is 4. The van der Waals surface area contributed by atoms with E-state index < -0.39 is 17.8 Å². The minimum Gasteiger partial charge on any atom is -0.354 e. The van der Waals surface area contributed by atoms with Crippen LogP contribution in [0.15, 0.2) is 18.2 Å². The Kier molecular flexibility index (Phi) is 4.95. The van der Waals surface area contributed by atoms with Crippen molar-refractivity contribution >= 4 is 23.4 Å². The monoisotopic (exact) mass is 334 g/mol. The molecule has 1 saturated heterocycles. The van der Waals surface area contributed by atoms with Gasteiger partial charge in [-0.1, -0.05) is 23.7 Å². The van der Waals surface area contributed by atoms with E-state index in [0.29, 0.717) is 18.4 Å². The first-order valence-electron chi connectivity index (χ1n) is 6.70. The van der Waals surface area contributed by atoms with Crippen LogP contribution in [0.3, 0.4) is 0 Å². The highest BCUT2D eigenvalue weighted by atomic mass is 35.5. The highest BCUT2D eigenvalue weighted by molar-refractivity contribution is 6.32. The van der Waals surface area contributed by atoms with E-state index in [-0.39, 0.29) is 29.8 Å². The number of rotatable bonds is 4. The lowest BCUT2D eigenvalue weighted by atomic mass is 10.1. The molecule has 22 heavy (non-hydrogen) atoms. The molecule has 0 unspecified atom stereocenters. The summed E-state index contributed by atoms with van der Waals surface area (Å²) in [6, 6.07) is 3.12. The third-order valence-electron chi connectivity index (χ3n) is 3.39. The molecule has 0 bridgehead atoms. The van der Waals surface area contributed by atoms with Crippen molar-refractivity contribution in [3.05, 3.63) is 34.3 Å². The number of alkyl halides is 3. The summed E-state index contributed by atoms with van der Waals surface area (Å²) in [5.41, 5.74) is -0.576. The Morgan fingerprint density at radius 3 is 2.73 bits per heavy atom. The molecular formula is C14H14ClF3N2O2. The molecule has 1 aliphatic rings. The second-order valence-corrected chi connectivity index (χ2v) is 5.35. The predicted molar refractivity (Wildman–Crippen MR) is 74.3 cm³/mol. The van der Waals surface area contributed by atoms with Gasteiger partial charge < -0.3 is 10.6 Å². The molecule has 1 atom stereocenters. The van der Waals surface area contributed by atoms with E-state index in [0.717, 1.165) is 6.07 Å². The van der Waals surface area contributed by atoms with Gasteiger partial charge in [0, 0.05) is 13.0 Å². The topological polar surface area (TPSA) is 58.2 Å². The standard InChI is InChI=1S/C14H14ClF3N2O2/c15-12-8(2-1-3-9(12)14(16,17)18)6-7-19-13(22)10-4-5-11(21)20-10/h1-3,10H,4-7H2,(H,19,22)(H,20,21)/t10-/m0/s1. The number of amides is 2. The molecule has 0 aromatic heterocycles. The molecule has 1 aromatic rings. The lowest BCUT2D eigenvalue weighted by Crippen LogP contribution is -2.42. The maximum absolute atomic E-state index is 12.7. The molecule has 120 valence electrons. The Morgan fingerprint density at radius 1 is 1.41 bits per heavy atom. The highest BCUT2D eigenvalue weighted by Crippen LogP contribution is 2.36. The van der Waals surface area contributed by atoms with Crippen LogP contribution in [-0.4, -0.2) is 24.4 Å². The number of hydrogen-bond acceptors (Lipinski definition) is 2. The summed E-state index contributed by atoms with van der Waals surface area (Å²) in [4.78, 5) is 22.8. The average molecular weight is 335 g/mol. The van der Waals surface area contributed by atoms with Crippen molar-refractivity contribution in [3.8, 4) is 0 Å². The molecule has 1 heterocycles. The normalized spacial score (nSPS) is 18.2. The zero-order valence-corrected chi connectivity index (χ0v) is 12.2. The van der Waals surface area contributed by atoms with Gasteiger partial charge in [-0.25, -0.2) is 0 Å². The predicted octanol–water partition coefficient (Wildman–Crippen LogP) is 2.30. The van der Waals surface area contributed by atoms with Gasteiger partial charge in [-0.3, -0.25) is 9.59 Å². The van der Waals surface area contributed by atoms with E-state index in [1.165, 1.54) is 12.1 Å². The Labute approximate surface area is 130 Å². The van der Waals surface area contributed by atoms with Crippen molar-refractivity contribution in [3.63, 3.8) is 0 Å². The maximum atomic E-state index is 12.7. The Morgan fingerprint density at radius 2 is 2.14 bits per heavy atom. The SMILES string of the molecule is O=C1CC[C@@H](C(=O)NCCc2cccc(C(F)(F)F)c2Cl)N1. The lowest BCUT2D eigenvalue weighted by molar-refractivity contribution is -0.137. The van der Waals surface area contributed by atoms with Crippen LogP contribution < -0.4 is 10.6 Å². The number of benzene rings is 1. The van der Waals surface area contributed by atoms with E-state index >= 15 is 0 Å². The van der Waals surface area contributed by atoms with E-state index in [2.05, 4.69) is 10.6 Å². The van der Waals surface area contributed by atoms with Crippen molar-refractivity contribution in [1.29, 1.82) is 0 Å². The fraction of sp³-hybridized carbons (Fsp3) is 0.429. The van der Waals surface area contributed by atoms with Gasteiger partial charge in [-0.2, -0.15) is 13.2 Å². The van der Waals surface area contributed by atoms with Crippen LogP contribution in [0.2, 0.25) is 5.02 Å². The zero-order chi connectivity index (χ0) is 16.3. The summed E-state index contributed by atoms with van der Waals surface area (Å²) >= 11 is 5.77. The van der Waals surface area contributed by atoms with Crippen LogP contribution in [0, 0.1) is 0 Å². The first-order valence-corrected chi connectivity index (χ1v) is 7.08. The van der Waals surface area contributed by atoms with Gasteiger partial charge >= 0.3 is 6.18 Å². The van der Waals surface area contributed by atoms with Crippen LogP contribution >= 0.6 is 11.6 Å². The highest BCUT2D eigenvalue weighted by Gasteiger charge is 2.33. The van der Waals surface area contributed by atoms with E-state index in [4.69, 9.17) is 11.6 Å². The molecule has 0 saturated carbocycles. The molecule has 1 aliphatic heterocycles. The van der Waals surface area contributed by atoms with Crippen LogP contribution in [0.25, 0.3) is 0 Å². The Balaban J connectivity index is 1.92. The number of nitrogens with one attached hydrogen (secondary N) is 2. The Hall–Kier alpha value is -1.76. The average Bonchev–Trinajstić information content (AvgIpc) is 2.86. The van der Waals surface area contributed by atoms with Gasteiger partial charge in [-0.15, -0.1) is 0 Å². The van der Waals surface area contributed by atoms with E-state index in [9.17, 15) is 22.8 Å². The summed E-state index contributed by atoms with van der Waals surface area (Å²) in [5, 5.41) is 4.75. The first-order chi connectivity index (χ1) is 10.3. The van der Waals surface area contributed by atoms with Crippen molar-refractivity contribution in [1.82, 2.24) is 10.6 Å². The Bertz CT molecular complexity index is 590. The van der Waals surface area contributed by atoms with Gasteiger partial charge in [0.1, 0.15) is 6.04 Å². The first kappa shape index (κ1) is 16.6. The minimum atomic E-state index is -4.51. The van der Waals surface area contributed by atoms with Crippen molar-refractivity contribution in [2.45, 2.75) is 31.5 Å². The summed E-state index contributed by atoms with van der Waals surface area (Å²) in [6.07, 6.45) is -3.61. The van der Waals surface area contributed by atoms with Gasteiger partial charge in [0.25, 0.3) is 0 Å². The van der Waals surface area contributed by atoms with Gasteiger partial charge in [0.2, 0.25) is 11.8 Å². The maximum Gasteiger partial charge on any atom is 0.417 e. The quantitative estimate of drug-likeness (QED) is 0.887. The fourth-order valence-electron chi connectivity index (χ4n) is 2.25. The summed E-state index contributed by atoms with van der Waals surface area (Å²) < 4.78 is 38.2. The van der Waals surface area contributed by atoms with Crippen LogP contribution in [-0.2, 0) is 22.2 Å². The molecule has 0 radical (unpaired) electrons. The zero-order valence-electron chi connectivity index (χ0n) is 11.5.